The molecule has 2 rings (SSSR count). The van der Waals surface area contributed by atoms with Crippen LogP contribution in [0.5, 0.6) is 0 Å². The highest BCUT2D eigenvalue weighted by Gasteiger charge is 2.32. The molecular weight excluding hydrogens is 324 g/mol. The van der Waals surface area contributed by atoms with E-state index in [1.54, 1.807) is 0 Å². The Morgan fingerprint density at radius 1 is 0.696 bits per heavy atom. The van der Waals surface area contributed by atoms with Gasteiger partial charge in [-0.05, 0) is 23.3 Å². The summed E-state index contributed by atoms with van der Waals surface area (Å²) in [6, 6.07) is 4.31. The summed E-state index contributed by atoms with van der Waals surface area (Å²) in [6.07, 6.45) is -6.78. The van der Waals surface area contributed by atoms with E-state index in [2.05, 4.69) is 15.3 Å². The number of rotatable bonds is 4. The summed E-state index contributed by atoms with van der Waals surface area (Å²) in [5.74, 6) is 0. The molecule has 0 bridgehead atoms. The van der Waals surface area contributed by atoms with Gasteiger partial charge in [0.2, 0.25) is 0 Å². The van der Waals surface area contributed by atoms with Gasteiger partial charge in [0.05, 0.1) is 0 Å². The van der Waals surface area contributed by atoms with Crippen molar-refractivity contribution in [1.82, 2.24) is 15.3 Å². The molecular formula is C14H11F6N3. The van der Waals surface area contributed by atoms with Crippen molar-refractivity contribution in [2.45, 2.75) is 25.4 Å². The highest BCUT2D eigenvalue weighted by Crippen LogP contribution is 2.28. The Hall–Kier alpha value is -2.16. The van der Waals surface area contributed by atoms with Crippen molar-refractivity contribution in [2.24, 2.45) is 0 Å². The van der Waals surface area contributed by atoms with Crippen molar-refractivity contribution in [3.8, 4) is 0 Å². The highest BCUT2D eigenvalue weighted by atomic mass is 19.4. The molecule has 0 aliphatic rings. The van der Waals surface area contributed by atoms with Gasteiger partial charge >= 0.3 is 12.4 Å². The van der Waals surface area contributed by atoms with Gasteiger partial charge in [0.1, 0.15) is 11.4 Å². The second kappa shape index (κ2) is 6.53. The molecule has 0 aromatic carbocycles. The van der Waals surface area contributed by atoms with Crippen molar-refractivity contribution in [2.75, 3.05) is 0 Å². The van der Waals surface area contributed by atoms with E-state index in [0.717, 1.165) is 24.5 Å². The van der Waals surface area contributed by atoms with Gasteiger partial charge < -0.3 is 5.32 Å². The van der Waals surface area contributed by atoms with E-state index in [-0.39, 0.29) is 13.1 Å². The van der Waals surface area contributed by atoms with Crippen LogP contribution in [-0.2, 0) is 25.4 Å². The molecule has 0 amide bonds. The Morgan fingerprint density at radius 2 is 1.09 bits per heavy atom. The molecule has 124 valence electrons. The predicted molar refractivity (Wildman–Crippen MR) is 69.0 cm³/mol. The standard InChI is InChI=1S/C14H11F6N3/c15-13(16,17)11-3-1-9(7-22-11)5-21-6-10-2-4-12(23-8-10)14(18,19)20/h1-4,7-8,21H,5-6H2. The van der Waals surface area contributed by atoms with E-state index < -0.39 is 23.7 Å². The van der Waals surface area contributed by atoms with E-state index >= 15 is 0 Å². The van der Waals surface area contributed by atoms with Crippen molar-refractivity contribution in [3.05, 3.63) is 59.2 Å². The number of alkyl halides is 6. The van der Waals surface area contributed by atoms with Crippen LogP contribution in [-0.4, -0.2) is 9.97 Å². The van der Waals surface area contributed by atoms with Crippen LogP contribution >= 0.6 is 0 Å². The van der Waals surface area contributed by atoms with Crippen LogP contribution in [0.15, 0.2) is 36.7 Å². The summed E-state index contributed by atoms with van der Waals surface area (Å²) in [7, 11) is 0. The van der Waals surface area contributed by atoms with Crippen LogP contribution in [0.25, 0.3) is 0 Å². The van der Waals surface area contributed by atoms with Crippen LogP contribution in [0.3, 0.4) is 0 Å². The first kappa shape index (κ1) is 17.2. The minimum absolute atomic E-state index is 0.228. The molecule has 0 aliphatic carbocycles. The first-order valence-corrected chi connectivity index (χ1v) is 6.41. The zero-order chi connectivity index (χ0) is 17.1. The van der Waals surface area contributed by atoms with Crippen molar-refractivity contribution in [3.63, 3.8) is 0 Å². The maximum Gasteiger partial charge on any atom is 0.433 e. The molecule has 0 radical (unpaired) electrons. The summed E-state index contributed by atoms with van der Waals surface area (Å²) in [4.78, 5) is 6.62. The van der Waals surface area contributed by atoms with Crippen molar-refractivity contribution in [1.29, 1.82) is 0 Å². The largest absolute Gasteiger partial charge is 0.433 e. The Labute approximate surface area is 127 Å². The molecule has 2 heterocycles. The fourth-order valence-electron chi connectivity index (χ4n) is 1.74. The Bertz CT molecular complexity index is 574. The van der Waals surface area contributed by atoms with Gasteiger partial charge in [-0.3, -0.25) is 9.97 Å². The molecule has 1 N–H and O–H groups in total. The molecule has 3 nitrogen and oxygen atoms in total. The zero-order valence-corrected chi connectivity index (χ0v) is 11.5. The Kier molecular flexibility index (Phi) is 4.88. The minimum Gasteiger partial charge on any atom is -0.309 e. The molecule has 0 spiro atoms. The maximum atomic E-state index is 12.3. The van der Waals surface area contributed by atoms with Gasteiger partial charge in [-0.15, -0.1) is 0 Å². The molecule has 23 heavy (non-hydrogen) atoms. The van der Waals surface area contributed by atoms with Crippen LogP contribution in [0.2, 0.25) is 0 Å². The van der Waals surface area contributed by atoms with E-state index in [4.69, 9.17) is 0 Å². The maximum absolute atomic E-state index is 12.3. The van der Waals surface area contributed by atoms with Gasteiger partial charge in [-0.25, -0.2) is 0 Å². The fraction of sp³-hybridized carbons (Fsp3) is 0.286. The number of halogens is 6. The summed E-state index contributed by atoms with van der Waals surface area (Å²) >= 11 is 0. The highest BCUT2D eigenvalue weighted by molar-refractivity contribution is 5.17. The quantitative estimate of drug-likeness (QED) is 0.864. The average Bonchev–Trinajstić information content (AvgIpc) is 2.46. The average molecular weight is 335 g/mol. The van der Waals surface area contributed by atoms with Crippen LogP contribution in [0.4, 0.5) is 26.3 Å². The molecule has 0 atom stereocenters. The summed E-state index contributed by atoms with van der Waals surface area (Å²) < 4.78 is 74.1. The predicted octanol–water partition coefficient (Wildman–Crippen LogP) is 3.80. The third-order valence-corrected chi connectivity index (χ3v) is 2.89. The van der Waals surface area contributed by atoms with Crippen LogP contribution in [0.1, 0.15) is 22.5 Å². The lowest BCUT2D eigenvalue weighted by Crippen LogP contribution is -2.15. The van der Waals surface area contributed by atoms with E-state index in [0.29, 0.717) is 11.1 Å². The number of pyridine rings is 2. The number of hydrogen-bond donors (Lipinski definition) is 1. The molecule has 9 heteroatoms. The number of aromatic nitrogens is 2. The molecule has 2 aromatic rings. The van der Waals surface area contributed by atoms with E-state index in [9.17, 15) is 26.3 Å². The number of nitrogens with zero attached hydrogens (tertiary/aromatic N) is 2. The Morgan fingerprint density at radius 3 is 1.35 bits per heavy atom. The smallest absolute Gasteiger partial charge is 0.309 e. The first-order valence-electron chi connectivity index (χ1n) is 6.41. The summed E-state index contributed by atoms with van der Waals surface area (Å²) in [5, 5.41) is 2.89. The van der Waals surface area contributed by atoms with Crippen LogP contribution < -0.4 is 5.32 Å². The van der Waals surface area contributed by atoms with Gasteiger partial charge in [0.15, 0.2) is 0 Å². The normalized spacial score (nSPS) is 12.4. The first-order chi connectivity index (χ1) is 10.7. The number of nitrogens with one attached hydrogen (secondary N) is 1. The lowest BCUT2D eigenvalue weighted by Gasteiger charge is -2.09. The lowest BCUT2D eigenvalue weighted by molar-refractivity contribution is -0.142. The molecule has 0 saturated heterocycles. The minimum atomic E-state index is -4.49. The molecule has 0 aliphatic heterocycles. The second-order valence-electron chi connectivity index (χ2n) is 4.70. The molecule has 2 aromatic heterocycles. The molecule has 0 saturated carbocycles. The van der Waals surface area contributed by atoms with Crippen molar-refractivity contribution < 1.29 is 26.3 Å². The van der Waals surface area contributed by atoms with Crippen LogP contribution in [0, 0.1) is 0 Å². The summed E-state index contributed by atoms with van der Waals surface area (Å²) in [6.45, 7) is 0.457. The topological polar surface area (TPSA) is 37.8 Å². The van der Waals surface area contributed by atoms with E-state index in [1.165, 1.54) is 12.1 Å². The fourth-order valence-corrected chi connectivity index (χ4v) is 1.74. The Balaban J connectivity index is 1.87. The molecule has 0 fully saturated rings. The van der Waals surface area contributed by atoms with Crippen molar-refractivity contribution >= 4 is 0 Å². The van der Waals surface area contributed by atoms with Gasteiger partial charge in [-0.1, -0.05) is 12.1 Å². The lowest BCUT2D eigenvalue weighted by atomic mass is 10.2. The van der Waals surface area contributed by atoms with Gasteiger partial charge in [-0.2, -0.15) is 26.3 Å². The molecule has 0 unspecified atom stereocenters. The summed E-state index contributed by atoms with van der Waals surface area (Å²) in [5.41, 5.74) is -0.905. The SMILES string of the molecule is FC(F)(F)c1ccc(CNCc2ccc(C(F)(F)F)nc2)cn1. The monoisotopic (exact) mass is 335 g/mol. The number of hydrogen-bond acceptors (Lipinski definition) is 3. The van der Waals surface area contributed by atoms with Gasteiger partial charge in [0.25, 0.3) is 0 Å². The third kappa shape index (κ3) is 4.92. The zero-order valence-electron chi connectivity index (χ0n) is 11.5. The van der Waals surface area contributed by atoms with E-state index in [1.807, 2.05) is 0 Å². The second-order valence-corrected chi connectivity index (χ2v) is 4.70. The van der Waals surface area contributed by atoms with Gasteiger partial charge in [0, 0.05) is 25.5 Å². The third-order valence-electron chi connectivity index (χ3n) is 2.89.